The lowest BCUT2D eigenvalue weighted by Crippen LogP contribution is -2.47. The summed E-state index contributed by atoms with van der Waals surface area (Å²) < 4.78 is 0. The predicted molar refractivity (Wildman–Crippen MR) is 97.9 cm³/mol. The van der Waals surface area contributed by atoms with Crippen molar-refractivity contribution in [1.82, 2.24) is 15.1 Å². The monoisotopic (exact) mass is 371 g/mol. The Bertz CT molecular complexity index is 780. The number of benzene rings is 1. The van der Waals surface area contributed by atoms with Crippen molar-refractivity contribution in [2.45, 2.75) is 32.2 Å². The lowest BCUT2D eigenvalue weighted by atomic mass is 9.81. The molecule has 0 aromatic heterocycles. The first-order chi connectivity index (χ1) is 13.0. The van der Waals surface area contributed by atoms with E-state index in [1.54, 1.807) is 9.80 Å². The van der Waals surface area contributed by atoms with Crippen LogP contribution in [0, 0.1) is 11.3 Å². The van der Waals surface area contributed by atoms with Crippen LogP contribution in [0.5, 0.6) is 0 Å². The van der Waals surface area contributed by atoms with Gasteiger partial charge in [0.25, 0.3) is 0 Å². The van der Waals surface area contributed by atoms with Gasteiger partial charge in [-0.1, -0.05) is 30.7 Å². The van der Waals surface area contributed by atoms with Crippen molar-refractivity contribution in [2.24, 2.45) is 11.3 Å². The largest absolute Gasteiger partial charge is 0.481 e. The minimum atomic E-state index is -0.802. The number of carbonyl (C=O) groups is 3. The molecule has 0 radical (unpaired) electrons. The number of hydrogen-bond acceptors (Lipinski definition) is 3. The molecule has 1 saturated carbocycles. The van der Waals surface area contributed by atoms with E-state index in [9.17, 15) is 19.5 Å². The second kappa shape index (κ2) is 6.87. The summed E-state index contributed by atoms with van der Waals surface area (Å²) in [6, 6.07) is 7.75. The van der Waals surface area contributed by atoms with Gasteiger partial charge >= 0.3 is 12.0 Å². The van der Waals surface area contributed by atoms with Crippen molar-refractivity contribution in [1.29, 1.82) is 0 Å². The average molecular weight is 371 g/mol. The molecule has 1 aromatic rings. The third-order valence-electron chi connectivity index (χ3n) is 6.46. The summed E-state index contributed by atoms with van der Waals surface area (Å²) in [6.45, 7) is 1.87. The fraction of sp³-hybridized carbons (Fsp3) is 0.550. The Morgan fingerprint density at radius 1 is 1.19 bits per heavy atom. The fourth-order valence-corrected chi connectivity index (χ4v) is 4.88. The van der Waals surface area contributed by atoms with E-state index in [0.29, 0.717) is 26.1 Å². The molecule has 0 bridgehead atoms. The molecule has 2 fully saturated rings. The summed E-state index contributed by atoms with van der Waals surface area (Å²) in [5, 5.41) is 12.3. The normalized spacial score (nSPS) is 26.4. The van der Waals surface area contributed by atoms with E-state index >= 15 is 0 Å². The number of carboxylic acids is 1. The summed E-state index contributed by atoms with van der Waals surface area (Å²) in [5.41, 5.74) is 1.63. The summed E-state index contributed by atoms with van der Waals surface area (Å²) in [5.74, 6) is -0.886. The Morgan fingerprint density at radius 2 is 1.96 bits per heavy atom. The van der Waals surface area contributed by atoms with E-state index in [4.69, 9.17) is 0 Å². The SMILES string of the molecule is O=C(CNC(=O)N1C[C@@H]2CCC[C@@]2(C(=O)O)C1)N1CCc2ccccc2C1. The van der Waals surface area contributed by atoms with Gasteiger partial charge < -0.3 is 20.2 Å². The van der Waals surface area contributed by atoms with Crippen LogP contribution in [0.25, 0.3) is 0 Å². The predicted octanol–water partition coefficient (Wildman–Crippen LogP) is 1.47. The summed E-state index contributed by atoms with van der Waals surface area (Å²) in [7, 11) is 0. The third kappa shape index (κ3) is 3.15. The molecule has 7 heteroatoms. The maximum absolute atomic E-state index is 12.5. The van der Waals surface area contributed by atoms with Crippen LogP contribution in [-0.4, -0.2) is 59.0 Å². The molecule has 27 heavy (non-hydrogen) atoms. The van der Waals surface area contributed by atoms with Gasteiger partial charge in [0.15, 0.2) is 0 Å². The van der Waals surface area contributed by atoms with E-state index in [1.165, 1.54) is 5.56 Å². The molecule has 3 aliphatic rings. The summed E-state index contributed by atoms with van der Waals surface area (Å²) in [6.07, 6.45) is 3.21. The summed E-state index contributed by atoms with van der Waals surface area (Å²) in [4.78, 5) is 40.0. The molecule has 2 atom stereocenters. The Hall–Kier alpha value is -2.57. The highest BCUT2D eigenvalue weighted by molar-refractivity contribution is 5.85. The molecule has 3 amide bonds. The average Bonchev–Trinajstić information content (AvgIpc) is 3.24. The van der Waals surface area contributed by atoms with Crippen molar-refractivity contribution in [3.05, 3.63) is 35.4 Å². The Morgan fingerprint density at radius 3 is 2.70 bits per heavy atom. The molecule has 2 heterocycles. The van der Waals surface area contributed by atoms with Crippen molar-refractivity contribution >= 4 is 17.9 Å². The van der Waals surface area contributed by atoms with Crippen LogP contribution in [0.2, 0.25) is 0 Å². The molecule has 1 saturated heterocycles. The quantitative estimate of drug-likeness (QED) is 0.842. The highest BCUT2D eigenvalue weighted by Gasteiger charge is 2.55. The number of urea groups is 1. The molecule has 7 nitrogen and oxygen atoms in total. The number of rotatable bonds is 3. The molecule has 144 valence electrons. The van der Waals surface area contributed by atoms with Crippen LogP contribution in [0.1, 0.15) is 30.4 Å². The maximum Gasteiger partial charge on any atom is 0.317 e. The lowest BCUT2D eigenvalue weighted by molar-refractivity contribution is -0.149. The van der Waals surface area contributed by atoms with E-state index < -0.39 is 11.4 Å². The van der Waals surface area contributed by atoms with Crippen molar-refractivity contribution in [3.8, 4) is 0 Å². The number of fused-ring (bicyclic) bond motifs is 2. The van der Waals surface area contributed by atoms with E-state index in [0.717, 1.165) is 24.8 Å². The number of carboxylic acid groups (broad SMARTS) is 1. The van der Waals surface area contributed by atoms with Gasteiger partial charge in [0, 0.05) is 26.2 Å². The second-order valence-electron chi connectivity index (χ2n) is 7.92. The van der Waals surface area contributed by atoms with Gasteiger partial charge in [-0.25, -0.2) is 4.79 Å². The maximum atomic E-state index is 12.5. The number of nitrogens with zero attached hydrogens (tertiary/aromatic N) is 2. The number of hydrogen-bond donors (Lipinski definition) is 2. The number of nitrogens with one attached hydrogen (secondary N) is 1. The standard InChI is InChI=1S/C20H25N3O4/c24-17(22-9-7-14-4-1-2-5-15(14)11-22)10-21-19(27)23-12-16-6-3-8-20(16,13-23)18(25)26/h1-2,4-5,16H,3,6-13H2,(H,21,27)(H,25,26)/t16-,20+/m0/s1. The molecular weight excluding hydrogens is 346 g/mol. The van der Waals surface area contributed by atoms with Crippen molar-refractivity contribution < 1.29 is 19.5 Å². The minimum absolute atomic E-state index is 0.0232. The summed E-state index contributed by atoms with van der Waals surface area (Å²) >= 11 is 0. The van der Waals surface area contributed by atoms with Crippen LogP contribution in [0.4, 0.5) is 4.79 Å². The van der Waals surface area contributed by atoms with Crippen LogP contribution in [0.15, 0.2) is 24.3 Å². The molecule has 4 rings (SSSR count). The van der Waals surface area contributed by atoms with Gasteiger partial charge in [-0.2, -0.15) is 0 Å². The highest BCUT2D eigenvalue weighted by atomic mass is 16.4. The zero-order valence-corrected chi connectivity index (χ0v) is 15.3. The van der Waals surface area contributed by atoms with Gasteiger partial charge in [-0.05, 0) is 36.3 Å². The molecule has 0 unspecified atom stereocenters. The number of aliphatic carboxylic acids is 1. The Kier molecular flexibility index (Phi) is 4.53. The van der Waals surface area contributed by atoms with Gasteiger partial charge in [-0.3, -0.25) is 9.59 Å². The van der Waals surface area contributed by atoms with Crippen LogP contribution >= 0.6 is 0 Å². The van der Waals surface area contributed by atoms with Gasteiger partial charge in [0.1, 0.15) is 0 Å². The Labute approximate surface area is 158 Å². The van der Waals surface area contributed by atoms with Crippen molar-refractivity contribution in [3.63, 3.8) is 0 Å². The van der Waals surface area contributed by atoms with E-state index in [1.807, 2.05) is 18.2 Å². The van der Waals surface area contributed by atoms with Crippen LogP contribution < -0.4 is 5.32 Å². The number of likely N-dealkylation sites (tertiary alicyclic amines) is 1. The smallest absolute Gasteiger partial charge is 0.317 e. The molecule has 2 N–H and O–H groups in total. The van der Waals surface area contributed by atoms with Gasteiger partial charge in [0.2, 0.25) is 5.91 Å². The molecule has 2 aliphatic heterocycles. The Balaban J connectivity index is 1.31. The first kappa shape index (κ1) is 17.8. The van der Waals surface area contributed by atoms with Crippen LogP contribution in [0.3, 0.4) is 0 Å². The molecular formula is C20H25N3O4. The van der Waals surface area contributed by atoms with Crippen molar-refractivity contribution in [2.75, 3.05) is 26.2 Å². The lowest BCUT2D eigenvalue weighted by Gasteiger charge is -2.29. The first-order valence-electron chi connectivity index (χ1n) is 9.60. The molecule has 1 aliphatic carbocycles. The topological polar surface area (TPSA) is 90.0 Å². The van der Waals surface area contributed by atoms with Crippen LogP contribution in [-0.2, 0) is 22.6 Å². The highest BCUT2D eigenvalue weighted by Crippen LogP contribution is 2.48. The van der Waals surface area contributed by atoms with E-state index in [-0.39, 0.29) is 30.9 Å². The zero-order valence-electron chi connectivity index (χ0n) is 15.3. The second-order valence-corrected chi connectivity index (χ2v) is 7.92. The zero-order chi connectivity index (χ0) is 19.0. The number of amides is 3. The molecule has 0 spiro atoms. The van der Waals surface area contributed by atoms with Gasteiger partial charge in [-0.15, -0.1) is 0 Å². The first-order valence-corrected chi connectivity index (χ1v) is 9.60. The number of carbonyl (C=O) groups excluding carboxylic acids is 2. The minimum Gasteiger partial charge on any atom is -0.481 e. The van der Waals surface area contributed by atoms with Gasteiger partial charge in [0.05, 0.1) is 12.0 Å². The fourth-order valence-electron chi connectivity index (χ4n) is 4.88. The molecule has 1 aromatic carbocycles. The third-order valence-corrected chi connectivity index (χ3v) is 6.46. The van der Waals surface area contributed by atoms with E-state index in [2.05, 4.69) is 11.4 Å².